The number of aliphatic carboxylic acids is 1. The largest absolute Gasteiger partial charge is 0.495 e. The van der Waals surface area contributed by atoms with Crippen LogP contribution in [0.5, 0.6) is 5.75 Å². The summed E-state index contributed by atoms with van der Waals surface area (Å²) in [5.41, 5.74) is 6.91. The number of carboxylic acid groups (broad SMARTS) is 1. The highest BCUT2D eigenvalue weighted by Gasteiger charge is 2.38. The third kappa shape index (κ3) is 5.50. The first kappa shape index (κ1) is 19.7. The van der Waals surface area contributed by atoms with E-state index in [1.165, 1.54) is 6.07 Å². The number of rotatable bonds is 2. The van der Waals surface area contributed by atoms with Gasteiger partial charge in [-0.1, -0.05) is 0 Å². The highest BCUT2D eigenvalue weighted by molar-refractivity contribution is 9.10. The van der Waals surface area contributed by atoms with Gasteiger partial charge in [-0.2, -0.15) is 13.2 Å². The Hall–Kier alpha value is -1.35. The number of hydrogen-bond donors (Lipinski definition) is 2. The molecule has 0 spiro atoms. The van der Waals surface area contributed by atoms with Gasteiger partial charge in [0.25, 0.3) is 0 Å². The van der Waals surface area contributed by atoms with E-state index in [1.807, 2.05) is 0 Å². The molecule has 0 radical (unpaired) electrons. The predicted octanol–water partition coefficient (Wildman–Crippen LogP) is 3.56. The first-order valence-corrected chi connectivity index (χ1v) is 6.30. The third-order valence-electron chi connectivity index (χ3n) is 2.37. The van der Waals surface area contributed by atoms with Crippen molar-refractivity contribution >= 4 is 21.9 Å². The average Bonchev–Trinajstić information content (AvgIpc) is 2.35. The second-order valence-electron chi connectivity index (χ2n) is 4.01. The molecule has 4 nitrogen and oxygen atoms in total. The van der Waals surface area contributed by atoms with E-state index in [0.717, 1.165) is 0 Å². The minimum atomic E-state index is -5.08. The highest BCUT2D eigenvalue weighted by Crippen LogP contribution is 2.36. The SMILES string of the molecule is COc1c(C(C)N)cc(F)c(C)c1Br.O=C(O)C(F)(F)F. The van der Waals surface area contributed by atoms with Crippen LogP contribution in [0.15, 0.2) is 10.5 Å². The number of methoxy groups -OCH3 is 1. The molecule has 3 N–H and O–H groups in total. The van der Waals surface area contributed by atoms with Gasteiger partial charge in [-0.3, -0.25) is 0 Å². The van der Waals surface area contributed by atoms with Crippen LogP contribution in [-0.2, 0) is 4.79 Å². The molecule has 0 fully saturated rings. The zero-order valence-electron chi connectivity index (χ0n) is 11.4. The maximum atomic E-state index is 13.4. The molecule has 0 aliphatic heterocycles. The van der Waals surface area contributed by atoms with E-state index in [2.05, 4.69) is 15.9 Å². The average molecular weight is 376 g/mol. The summed E-state index contributed by atoms with van der Waals surface area (Å²) in [4.78, 5) is 8.90. The van der Waals surface area contributed by atoms with Gasteiger partial charge in [0.05, 0.1) is 11.6 Å². The minimum absolute atomic E-state index is 0.253. The van der Waals surface area contributed by atoms with Crippen LogP contribution in [0.1, 0.15) is 24.1 Å². The summed E-state index contributed by atoms with van der Waals surface area (Å²) < 4.78 is 50.9. The van der Waals surface area contributed by atoms with Crippen LogP contribution in [0.4, 0.5) is 17.6 Å². The number of ether oxygens (including phenoxy) is 1. The van der Waals surface area contributed by atoms with E-state index >= 15 is 0 Å². The van der Waals surface area contributed by atoms with Gasteiger partial charge < -0.3 is 15.6 Å². The summed E-state index contributed by atoms with van der Waals surface area (Å²) in [5.74, 6) is -2.42. The zero-order chi connectivity index (χ0) is 17.0. The van der Waals surface area contributed by atoms with Crippen LogP contribution in [0, 0.1) is 12.7 Å². The van der Waals surface area contributed by atoms with Crippen molar-refractivity contribution in [2.75, 3.05) is 7.11 Å². The van der Waals surface area contributed by atoms with Crippen LogP contribution in [0.25, 0.3) is 0 Å². The summed E-state index contributed by atoms with van der Waals surface area (Å²) in [6.45, 7) is 3.48. The van der Waals surface area contributed by atoms with Crippen molar-refractivity contribution in [2.45, 2.75) is 26.1 Å². The van der Waals surface area contributed by atoms with Crippen LogP contribution < -0.4 is 10.5 Å². The van der Waals surface area contributed by atoms with E-state index in [0.29, 0.717) is 21.3 Å². The van der Waals surface area contributed by atoms with Crippen molar-refractivity contribution in [1.29, 1.82) is 0 Å². The molecule has 0 bridgehead atoms. The molecule has 0 aliphatic carbocycles. The molecule has 1 rings (SSSR count). The molecular formula is C12H14BrF4NO3. The molecule has 1 unspecified atom stereocenters. The fourth-order valence-corrected chi connectivity index (χ4v) is 1.84. The fourth-order valence-electron chi connectivity index (χ4n) is 1.26. The second kappa shape index (κ2) is 7.60. The Morgan fingerprint density at radius 3 is 2.19 bits per heavy atom. The Morgan fingerprint density at radius 2 is 1.90 bits per heavy atom. The van der Waals surface area contributed by atoms with Crippen LogP contribution >= 0.6 is 15.9 Å². The van der Waals surface area contributed by atoms with Gasteiger partial charge in [0.1, 0.15) is 11.6 Å². The summed E-state index contributed by atoms with van der Waals surface area (Å²) >= 11 is 3.29. The quantitative estimate of drug-likeness (QED) is 0.775. The summed E-state index contributed by atoms with van der Waals surface area (Å²) in [6.07, 6.45) is -5.08. The summed E-state index contributed by atoms with van der Waals surface area (Å²) in [7, 11) is 1.54. The van der Waals surface area contributed by atoms with Crippen molar-refractivity contribution in [2.24, 2.45) is 5.73 Å². The minimum Gasteiger partial charge on any atom is -0.495 e. The van der Waals surface area contributed by atoms with Crippen molar-refractivity contribution < 1.29 is 32.2 Å². The first-order valence-electron chi connectivity index (χ1n) is 5.51. The number of carbonyl (C=O) groups is 1. The van der Waals surface area contributed by atoms with Crippen molar-refractivity contribution in [1.82, 2.24) is 0 Å². The molecular weight excluding hydrogens is 362 g/mol. The lowest BCUT2D eigenvalue weighted by molar-refractivity contribution is -0.192. The van der Waals surface area contributed by atoms with E-state index in [4.69, 9.17) is 20.4 Å². The lowest BCUT2D eigenvalue weighted by Crippen LogP contribution is -2.21. The molecule has 0 heterocycles. The third-order valence-corrected chi connectivity index (χ3v) is 3.32. The number of benzene rings is 1. The van der Waals surface area contributed by atoms with E-state index in [1.54, 1.807) is 21.0 Å². The van der Waals surface area contributed by atoms with Gasteiger partial charge in [0.15, 0.2) is 0 Å². The summed E-state index contributed by atoms with van der Waals surface area (Å²) in [5, 5.41) is 7.12. The maximum absolute atomic E-state index is 13.4. The topological polar surface area (TPSA) is 72.5 Å². The van der Waals surface area contributed by atoms with Gasteiger partial charge in [0.2, 0.25) is 0 Å². The number of nitrogens with two attached hydrogens (primary N) is 1. The highest BCUT2D eigenvalue weighted by atomic mass is 79.9. The van der Waals surface area contributed by atoms with E-state index in [-0.39, 0.29) is 11.9 Å². The monoisotopic (exact) mass is 375 g/mol. The molecule has 9 heteroatoms. The van der Waals surface area contributed by atoms with Crippen LogP contribution in [0.2, 0.25) is 0 Å². The molecule has 21 heavy (non-hydrogen) atoms. The van der Waals surface area contributed by atoms with E-state index in [9.17, 15) is 17.6 Å². The molecule has 120 valence electrons. The molecule has 0 saturated heterocycles. The smallest absolute Gasteiger partial charge is 0.490 e. The zero-order valence-corrected chi connectivity index (χ0v) is 13.0. The molecule has 0 aliphatic rings. The number of hydrogen-bond acceptors (Lipinski definition) is 3. The molecule has 0 saturated carbocycles. The van der Waals surface area contributed by atoms with Crippen molar-refractivity contribution in [3.05, 3.63) is 27.5 Å². The fraction of sp³-hybridized carbons (Fsp3) is 0.417. The van der Waals surface area contributed by atoms with Gasteiger partial charge in [-0.05, 0) is 35.8 Å². The number of carboxylic acids is 1. The molecule has 1 aromatic carbocycles. The predicted molar refractivity (Wildman–Crippen MR) is 71.7 cm³/mol. The molecule has 1 aromatic rings. The lowest BCUT2D eigenvalue weighted by Gasteiger charge is -2.15. The van der Waals surface area contributed by atoms with E-state index < -0.39 is 12.1 Å². The lowest BCUT2D eigenvalue weighted by atomic mass is 10.1. The van der Waals surface area contributed by atoms with Gasteiger partial charge in [-0.15, -0.1) is 0 Å². The standard InChI is InChI=1S/C10H13BrFNO.C2HF3O2/c1-5-8(12)4-7(6(2)13)10(14-3)9(5)11;3-2(4,5)1(6)7/h4,6H,13H2,1-3H3;(H,6,7). The van der Waals surface area contributed by atoms with Crippen molar-refractivity contribution in [3.8, 4) is 5.75 Å². The Bertz CT molecular complexity index is 518. The molecule has 0 aromatic heterocycles. The summed E-state index contributed by atoms with van der Waals surface area (Å²) in [6, 6.07) is 1.17. The Balaban J connectivity index is 0.000000486. The normalized spacial score (nSPS) is 12.2. The van der Waals surface area contributed by atoms with Gasteiger partial charge in [0, 0.05) is 17.2 Å². The number of alkyl halides is 3. The van der Waals surface area contributed by atoms with Gasteiger partial charge >= 0.3 is 12.1 Å². The number of halogens is 5. The Morgan fingerprint density at radius 1 is 1.48 bits per heavy atom. The van der Waals surface area contributed by atoms with Crippen molar-refractivity contribution in [3.63, 3.8) is 0 Å². The van der Waals surface area contributed by atoms with Crippen LogP contribution in [-0.4, -0.2) is 24.4 Å². The maximum Gasteiger partial charge on any atom is 0.490 e. The Labute approximate surface area is 127 Å². The van der Waals surface area contributed by atoms with Gasteiger partial charge in [-0.25, -0.2) is 9.18 Å². The molecule has 1 atom stereocenters. The Kier molecular flexibility index (Phi) is 7.11. The molecule has 0 amide bonds. The second-order valence-corrected chi connectivity index (χ2v) is 4.80. The van der Waals surface area contributed by atoms with Crippen LogP contribution in [0.3, 0.4) is 0 Å². The first-order chi connectivity index (χ1) is 9.43.